The Hall–Kier alpha value is -2.90. The maximum absolute atomic E-state index is 13.6. The zero-order chi connectivity index (χ0) is 24.9. The van der Waals surface area contributed by atoms with E-state index in [9.17, 15) is 43.9 Å². The Labute approximate surface area is 183 Å². The summed E-state index contributed by atoms with van der Waals surface area (Å²) in [5, 5.41) is 0. The Bertz CT molecular complexity index is 1200. The van der Waals surface area contributed by atoms with Crippen LogP contribution in [0.1, 0.15) is 23.2 Å². The van der Waals surface area contributed by atoms with E-state index in [-0.39, 0.29) is 17.8 Å². The number of carbonyl (C=O) groups is 1. The van der Waals surface area contributed by atoms with Gasteiger partial charge >= 0.3 is 12.4 Å². The minimum Gasteiger partial charge on any atom is -0.314 e. The summed E-state index contributed by atoms with van der Waals surface area (Å²) in [7, 11) is -3.21. The van der Waals surface area contributed by atoms with E-state index in [0.29, 0.717) is 33.5 Å². The van der Waals surface area contributed by atoms with Gasteiger partial charge in [0.1, 0.15) is 17.7 Å². The van der Waals surface area contributed by atoms with Gasteiger partial charge in [-0.05, 0) is 43.7 Å². The number of nitrogens with zero attached hydrogens (tertiary/aromatic N) is 3. The molecule has 2 aromatic rings. The first-order valence-electron chi connectivity index (χ1n) is 9.24. The fraction of sp³-hybridized carbons (Fsp3) is 0.368. The van der Waals surface area contributed by atoms with Gasteiger partial charge in [0.15, 0.2) is 0 Å². The van der Waals surface area contributed by atoms with Gasteiger partial charge in [0.05, 0.1) is 16.9 Å². The lowest BCUT2D eigenvalue weighted by atomic mass is 10.1. The van der Waals surface area contributed by atoms with Crippen LogP contribution in [-0.2, 0) is 27.2 Å². The number of hydrogen-bond acceptors (Lipinski definition) is 4. The number of sulfonamides is 1. The number of anilines is 2. The van der Waals surface area contributed by atoms with Gasteiger partial charge in [-0.15, -0.1) is 0 Å². The molecule has 6 nitrogen and oxygen atoms in total. The molecule has 1 aliphatic rings. The number of carbonyl (C=O) groups excluding carboxylic acids is 1. The molecule has 2 heterocycles. The van der Waals surface area contributed by atoms with Gasteiger partial charge in [-0.1, -0.05) is 0 Å². The molecule has 1 fully saturated rings. The number of hydrogen-bond donors (Lipinski definition) is 0. The quantitative estimate of drug-likeness (QED) is 0.596. The zero-order valence-electron chi connectivity index (χ0n) is 17.0. The number of amides is 1. The summed E-state index contributed by atoms with van der Waals surface area (Å²) in [5.41, 5.74) is -3.35. The lowest BCUT2D eigenvalue weighted by molar-refractivity contribution is -0.140. The molecule has 1 aromatic heterocycles. The lowest BCUT2D eigenvalue weighted by Gasteiger charge is -2.28. The van der Waals surface area contributed by atoms with E-state index in [4.69, 9.17) is 0 Å². The van der Waals surface area contributed by atoms with E-state index in [1.165, 1.54) is 6.92 Å². The van der Waals surface area contributed by atoms with Crippen molar-refractivity contribution in [2.45, 2.75) is 31.7 Å². The standard InChI is InChI=1S/C19H16F7N3O3S/c1-10-7-11(18(21,22)23)8-16(27-10)29-15(5-6-33(29,31)32)17(30)28(2)12-3-4-14(20)13(9-12)19(24,25)26/h3-4,7-9,15H,5-6H2,1-2H3/t15-/m0/s1. The van der Waals surface area contributed by atoms with E-state index < -0.39 is 62.8 Å². The predicted molar refractivity (Wildman–Crippen MR) is 103 cm³/mol. The van der Waals surface area contributed by atoms with Crippen LogP contribution in [0, 0.1) is 12.7 Å². The molecule has 0 N–H and O–H groups in total. The van der Waals surface area contributed by atoms with E-state index in [0.717, 1.165) is 13.1 Å². The van der Waals surface area contributed by atoms with Gasteiger partial charge < -0.3 is 4.90 Å². The first-order valence-corrected chi connectivity index (χ1v) is 10.9. The Morgan fingerprint density at radius 2 is 1.73 bits per heavy atom. The molecule has 0 aliphatic carbocycles. The number of aryl methyl sites for hydroxylation is 1. The van der Waals surface area contributed by atoms with Crippen molar-refractivity contribution in [1.82, 2.24) is 4.98 Å². The number of halogens is 7. The van der Waals surface area contributed by atoms with Crippen LogP contribution in [0.5, 0.6) is 0 Å². The second kappa shape index (κ2) is 8.15. The topological polar surface area (TPSA) is 70.6 Å². The van der Waals surface area contributed by atoms with Crippen molar-refractivity contribution in [3.8, 4) is 0 Å². The molecule has 0 spiro atoms. The molecule has 1 aromatic carbocycles. The van der Waals surface area contributed by atoms with Crippen LogP contribution >= 0.6 is 0 Å². The third-order valence-electron chi connectivity index (χ3n) is 4.98. The van der Waals surface area contributed by atoms with Crippen molar-refractivity contribution in [3.63, 3.8) is 0 Å². The average molecular weight is 499 g/mol. The van der Waals surface area contributed by atoms with Crippen molar-refractivity contribution in [2.75, 3.05) is 22.0 Å². The largest absolute Gasteiger partial charge is 0.419 e. The summed E-state index contributed by atoms with van der Waals surface area (Å²) < 4.78 is 118. The number of rotatable bonds is 3. The molecule has 0 unspecified atom stereocenters. The van der Waals surface area contributed by atoms with Gasteiger partial charge in [0.2, 0.25) is 10.0 Å². The third-order valence-corrected chi connectivity index (χ3v) is 6.78. The molecule has 0 saturated carbocycles. The van der Waals surface area contributed by atoms with Crippen LogP contribution in [0.4, 0.5) is 42.2 Å². The molecular weight excluding hydrogens is 483 g/mol. The molecule has 3 rings (SSSR count). The predicted octanol–water partition coefficient (Wildman–Crippen LogP) is 4.14. The van der Waals surface area contributed by atoms with Gasteiger partial charge in [-0.25, -0.2) is 22.1 Å². The molecular formula is C19H16F7N3O3S. The van der Waals surface area contributed by atoms with E-state index >= 15 is 0 Å². The summed E-state index contributed by atoms with van der Waals surface area (Å²) in [6.07, 6.45) is -10.2. The second-order valence-corrected chi connectivity index (χ2v) is 9.29. The molecule has 33 heavy (non-hydrogen) atoms. The molecule has 1 aliphatic heterocycles. The molecule has 1 atom stereocenters. The number of pyridine rings is 1. The summed E-state index contributed by atoms with van der Waals surface area (Å²) in [4.78, 5) is 17.5. The van der Waals surface area contributed by atoms with Crippen molar-refractivity contribution >= 4 is 27.4 Å². The molecule has 1 amide bonds. The van der Waals surface area contributed by atoms with Crippen LogP contribution in [0.15, 0.2) is 30.3 Å². The van der Waals surface area contributed by atoms with Crippen LogP contribution in [0.3, 0.4) is 0 Å². The Kier molecular flexibility index (Phi) is 6.11. The highest BCUT2D eigenvalue weighted by Crippen LogP contribution is 2.37. The number of aromatic nitrogens is 1. The Morgan fingerprint density at radius 1 is 1.09 bits per heavy atom. The summed E-state index contributed by atoms with van der Waals surface area (Å²) in [6.45, 7) is 1.21. The molecule has 180 valence electrons. The second-order valence-electron chi connectivity index (χ2n) is 7.33. The van der Waals surface area contributed by atoms with Crippen LogP contribution in [0.25, 0.3) is 0 Å². The third kappa shape index (κ3) is 4.89. The van der Waals surface area contributed by atoms with E-state index in [2.05, 4.69) is 4.98 Å². The monoisotopic (exact) mass is 499 g/mol. The zero-order valence-corrected chi connectivity index (χ0v) is 17.8. The smallest absolute Gasteiger partial charge is 0.314 e. The average Bonchev–Trinajstić information content (AvgIpc) is 3.00. The Morgan fingerprint density at radius 3 is 2.30 bits per heavy atom. The van der Waals surface area contributed by atoms with Crippen LogP contribution in [-0.4, -0.2) is 38.2 Å². The van der Waals surface area contributed by atoms with Crippen molar-refractivity contribution in [3.05, 3.63) is 53.0 Å². The van der Waals surface area contributed by atoms with E-state index in [1.54, 1.807) is 0 Å². The maximum Gasteiger partial charge on any atom is 0.419 e. The minimum absolute atomic E-state index is 0.158. The first kappa shape index (κ1) is 24.7. The van der Waals surface area contributed by atoms with Crippen molar-refractivity contribution in [1.29, 1.82) is 0 Å². The highest BCUT2D eigenvalue weighted by atomic mass is 32.2. The lowest BCUT2D eigenvalue weighted by Crippen LogP contribution is -2.46. The summed E-state index contributed by atoms with van der Waals surface area (Å²) in [5.74, 6) is -3.82. The molecule has 0 radical (unpaired) electrons. The summed E-state index contributed by atoms with van der Waals surface area (Å²) in [6, 6.07) is 1.40. The van der Waals surface area contributed by atoms with E-state index in [1.807, 2.05) is 0 Å². The van der Waals surface area contributed by atoms with Gasteiger partial charge in [0.25, 0.3) is 5.91 Å². The molecule has 0 bridgehead atoms. The molecule has 1 saturated heterocycles. The van der Waals surface area contributed by atoms with Crippen LogP contribution < -0.4 is 9.21 Å². The Balaban J connectivity index is 2.03. The number of likely N-dealkylation sites (N-methyl/N-ethyl adjacent to an activating group) is 1. The number of benzene rings is 1. The fourth-order valence-corrected chi connectivity index (χ4v) is 5.09. The highest BCUT2D eigenvalue weighted by Gasteiger charge is 2.45. The first-order chi connectivity index (χ1) is 15.0. The van der Waals surface area contributed by atoms with Crippen molar-refractivity contribution in [2.24, 2.45) is 0 Å². The minimum atomic E-state index is -5.05. The van der Waals surface area contributed by atoms with Gasteiger partial charge in [0, 0.05) is 18.4 Å². The molecule has 14 heteroatoms. The maximum atomic E-state index is 13.6. The number of alkyl halides is 6. The highest BCUT2D eigenvalue weighted by molar-refractivity contribution is 7.93. The van der Waals surface area contributed by atoms with Crippen LogP contribution in [0.2, 0.25) is 0 Å². The normalized spacial score (nSPS) is 18.5. The van der Waals surface area contributed by atoms with Gasteiger partial charge in [-0.2, -0.15) is 26.3 Å². The van der Waals surface area contributed by atoms with Gasteiger partial charge in [-0.3, -0.25) is 4.79 Å². The van der Waals surface area contributed by atoms with Crippen molar-refractivity contribution < 1.29 is 43.9 Å². The fourth-order valence-electron chi connectivity index (χ4n) is 3.41. The summed E-state index contributed by atoms with van der Waals surface area (Å²) >= 11 is 0. The SMILES string of the molecule is Cc1cc(C(F)(F)F)cc(N2[C@H](C(=O)N(C)c3ccc(F)c(C(F)(F)F)c3)CCS2(=O)=O)n1.